The van der Waals surface area contributed by atoms with Gasteiger partial charge in [-0.05, 0) is 26.0 Å². The fourth-order valence-corrected chi connectivity index (χ4v) is 1.16. The zero-order valence-corrected chi connectivity index (χ0v) is 10.4. The van der Waals surface area contributed by atoms with Crippen LogP contribution in [0, 0.1) is 5.82 Å². The number of amides is 2. The monoisotopic (exact) mass is 254 g/mol. The molecule has 0 saturated heterocycles. The number of halogens is 1. The fraction of sp³-hybridized carbons (Fsp3) is 0.333. The van der Waals surface area contributed by atoms with Gasteiger partial charge in [-0.25, -0.2) is 14.0 Å². The molecule has 2 N–H and O–H groups in total. The second kappa shape index (κ2) is 5.03. The standard InChI is InChI=1S/C12H15FN2O3/c1-12(2,10(16)17)15(3)11(18)14-9-7-5-4-6-8(9)13/h4-7H,1-3H3,(H,14,18)(H,16,17). The zero-order chi connectivity index (χ0) is 13.9. The SMILES string of the molecule is CN(C(=O)Nc1ccccc1F)C(C)(C)C(=O)O. The van der Waals surface area contributed by atoms with Crippen molar-refractivity contribution in [1.82, 2.24) is 4.90 Å². The molecule has 5 nitrogen and oxygen atoms in total. The van der Waals surface area contributed by atoms with E-state index >= 15 is 0 Å². The van der Waals surface area contributed by atoms with E-state index in [1.54, 1.807) is 6.07 Å². The lowest BCUT2D eigenvalue weighted by atomic mass is 10.1. The predicted octanol–water partition coefficient (Wildman–Crippen LogP) is 2.15. The average Bonchev–Trinajstić information content (AvgIpc) is 2.30. The highest BCUT2D eigenvalue weighted by Crippen LogP contribution is 2.17. The first kappa shape index (κ1) is 14.0. The molecule has 1 rings (SSSR count). The number of carboxylic acids is 1. The highest BCUT2D eigenvalue weighted by atomic mass is 19.1. The number of hydrogen-bond acceptors (Lipinski definition) is 2. The summed E-state index contributed by atoms with van der Waals surface area (Å²) in [5.74, 6) is -1.72. The van der Waals surface area contributed by atoms with Crippen molar-refractivity contribution in [1.29, 1.82) is 0 Å². The molecule has 18 heavy (non-hydrogen) atoms. The summed E-state index contributed by atoms with van der Waals surface area (Å²) in [5.41, 5.74) is -1.37. The van der Waals surface area contributed by atoms with Crippen molar-refractivity contribution in [2.75, 3.05) is 12.4 Å². The maximum atomic E-state index is 13.3. The van der Waals surface area contributed by atoms with E-state index in [1.807, 2.05) is 0 Å². The Morgan fingerprint density at radius 1 is 1.33 bits per heavy atom. The molecule has 2 amide bonds. The molecule has 0 aliphatic heterocycles. The topological polar surface area (TPSA) is 69.6 Å². The van der Waals surface area contributed by atoms with E-state index in [4.69, 9.17) is 5.11 Å². The van der Waals surface area contributed by atoms with Gasteiger partial charge in [0.15, 0.2) is 0 Å². The van der Waals surface area contributed by atoms with E-state index in [-0.39, 0.29) is 5.69 Å². The number of benzene rings is 1. The van der Waals surface area contributed by atoms with E-state index in [0.717, 1.165) is 4.90 Å². The largest absolute Gasteiger partial charge is 0.480 e. The lowest BCUT2D eigenvalue weighted by Crippen LogP contribution is -2.52. The summed E-state index contributed by atoms with van der Waals surface area (Å²) >= 11 is 0. The van der Waals surface area contributed by atoms with Crippen LogP contribution < -0.4 is 5.32 Å². The summed E-state index contributed by atoms with van der Waals surface area (Å²) in [7, 11) is 1.34. The van der Waals surface area contributed by atoms with Gasteiger partial charge in [0.2, 0.25) is 0 Å². The summed E-state index contributed by atoms with van der Waals surface area (Å²) < 4.78 is 13.3. The quantitative estimate of drug-likeness (QED) is 0.868. The number of hydrogen-bond donors (Lipinski definition) is 2. The van der Waals surface area contributed by atoms with Gasteiger partial charge in [0, 0.05) is 7.05 Å². The van der Waals surface area contributed by atoms with E-state index < -0.39 is 23.4 Å². The van der Waals surface area contributed by atoms with Crippen molar-refractivity contribution in [2.24, 2.45) is 0 Å². The van der Waals surface area contributed by atoms with Gasteiger partial charge in [-0.2, -0.15) is 0 Å². The molecule has 0 aliphatic carbocycles. The van der Waals surface area contributed by atoms with Crippen LogP contribution in [0.3, 0.4) is 0 Å². The number of carboxylic acid groups (broad SMARTS) is 1. The van der Waals surface area contributed by atoms with Gasteiger partial charge < -0.3 is 15.3 Å². The Bertz CT molecular complexity index is 474. The summed E-state index contributed by atoms with van der Waals surface area (Å²) in [6, 6.07) is 4.98. The van der Waals surface area contributed by atoms with E-state index in [1.165, 1.54) is 39.1 Å². The molecule has 0 bridgehead atoms. The van der Waals surface area contributed by atoms with Crippen LogP contribution >= 0.6 is 0 Å². The van der Waals surface area contributed by atoms with Crippen LogP contribution in [-0.2, 0) is 4.79 Å². The lowest BCUT2D eigenvalue weighted by molar-refractivity contribution is -0.146. The summed E-state index contributed by atoms with van der Waals surface area (Å²) in [6.45, 7) is 2.77. The Hall–Kier alpha value is -2.11. The molecule has 0 radical (unpaired) electrons. The van der Waals surface area contributed by atoms with Crippen LogP contribution in [0.4, 0.5) is 14.9 Å². The smallest absolute Gasteiger partial charge is 0.329 e. The molecule has 1 aromatic carbocycles. The number of nitrogens with one attached hydrogen (secondary N) is 1. The normalized spacial score (nSPS) is 10.9. The number of aliphatic carboxylic acids is 1. The predicted molar refractivity (Wildman–Crippen MR) is 64.9 cm³/mol. The Kier molecular flexibility index (Phi) is 3.90. The highest BCUT2D eigenvalue weighted by molar-refractivity contribution is 5.93. The Morgan fingerprint density at radius 2 is 1.89 bits per heavy atom. The van der Waals surface area contributed by atoms with E-state index in [2.05, 4.69) is 5.32 Å². The Morgan fingerprint density at radius 3 is 2.39 bits per heavy atom. The zero-order valence-electron chi connectivity index (χ0n) is 10.4. The molecule has 0 heterocycles. The molecule has 6 heteroatoms. The number of nitrogens with zero attached hydrogens (tertiary/aromatic N) is 1. The highest BCUT2D eigenvalue weighted by Gasteiger charge is 2.35. The molecule has 0 spiro atoms. The van der Waals surface area contributed by atoms with Crippen LogP contribution in [0.25, 0.3) is 0 Å². The minimum Gasteiger partial charge on any atom is -0.480 e. The minimum atomic E-state index is -1.38. The molecule has 0 unspecified atom stereocenters. The summed E-state index contributed by atoms with van der Waals surface area (Å²) in [5, 5.41) is 11.3. The Balaban J connectivity index is 2.84. The molecule has 1 aromatic rings. The van der Waals surface area contributed by atoms with Gasteiger partial charge in [0.1, 0.15) is 11.4 Å². The van der Waals surface area contributed by atoms with Crippen LogP contribution in [0.2, 0.25) is 0 Å². The minimum absolute atomic E-state index is 0.00976. The molecule has 0 atom stereocenters. The van der Waals surface area contributed by atoms with Crippen molar-refractivity contribution in [2.45, 2.75) is 19.4 Å². The van der Waals surface area contributed by atoms with E-state index in [9.17, 15) is 14.0 Å². The molecular formula is C12H15FN2O3. The number of urea groups is 1. The number of anilines is 1. The third kappa shape index (κ3) is 2.77. The van der Waals surface area contributed by atoms with Crippen LogP contribution in [0.1, 0.15) is 13.8 Å². The first-order valence-electron chi connectivity index (χ1n) is 5.29. The van der Waals surface area contributed by atoms with Gasteiger partial charge in [0.25, 0.3) is 0 Å². The first-order chi connectivity index (χ1) is 8.26. The Labute approximate surface area is 104 Å². The third-order valence-electron chi connectivity index (χ3n) is 2.78. The van der Waals surface area contributed by atoms with Crippen molar-refractivity contribution >= 4 is 17.7 Å². The van der Waals surface area contributed by atoms with Gasteiger partial charge in [0.05, 0.1) is 5.69 Å². The average molecular weight is 254 g/mol. The first-order valence-corrected chi connectivity index (χ1v) is 5.29. The molecule has 0 aliphatic rings. The van der Waals surface area contributed by atoms with Crippen LogP contribution in [0.5, 0.6) is 0 Å². The number of carbonyl (C=O) groups is 2. The second-order valence-corrected chi connectivity index (χ2v) is 4.33. The van der Waals surface area contributed by atoms with Gasteiger partial charge in [-0.15, -0.1) is 0 Å². The molecule has 0 aromatic heterocycles. The second-order valence-electron chi connectivity index (χ2n) is 4.33. The summed E-state index contributed by atoms with van der Waals surface area (Å²) in [4.78, 5) is 23.8. The van der Waals surface area contributed by atoms with E-state index in [0.29, 0.717) is 0 Å². The van der Waals surface area contributed by atoms with Gasteiger partial charge >= 0.3 is 12.0 Å². The number of carbonyl (C=O) groups excluding carboxylic acids is 1. The van der Waals surface area contributed by atoms with Crippen molar-refractivity contribution < 1.29 is 19.1 Å². The van der Waals surface area contributed by atoms with Crippen molar-refractivity contribution in [3.8, 4) is 0 Å². The maximum Gasteiger partial charge on any atom is 0.329 e. The molecule has 0 saturated carbocycles. The maximum absolute atomic E-state index is 13.3. The molecule has 0 fully saturated rings. The van der Waals surface area contributed by atoms with Crippen molar-refractivity contribution in [3.05, 3.63) is 30.1 Å². The van der Waals surface area contributed by atoms with Gasteiger partial charge in [-0.1, -0.05) is 12.1 Å². The molecular weight excluding hydrogens is 239 g/mol. The van der Waals surface area contributed by atoms with Crippen molar-refractivity contribution in [3.63, 3.8) is 0 Å². The lowest BCUT2D eigenvalue weighted by Gasteiger charge is -2.31. The van der Waals surface area contributed by atoms with Gasteiger partial charge in [-0.3, -0.25) is 0 Å². The summed E-state index contributed by atoms with van der Waals surface area (Å²) in [6.07, 6.45) is 0. The third-order valence-corrected chi connectivity index (χ3v) is 2.78. The van der Waals surface area contributed by atoms with Crippen LogP contribution in [-0.4, -0.2) is 34.6 Å². The number of rotatable bonds is 3. The number of para-hydroxylation sites is 1. The fourth-order valence-electron chi connectivity index (χ4n) is 1.16. The molecule has 98 valence electrons. The van der Waals surface area contributed by atoms with Crippen LogP contribution in [0.15, 0.2) is 24.3 Å². The number of likely N-dealkylation sites (N-methyl/N-ethyl adjacent to an activating group) is 1.